The lowest BCUT2D eigenvalue weighted by atomic mass is 10.1. The van der Waals surface area contributed by atoms with Crippen LogP contribution in [0.15, 0.2) is 36.4 Å². The molecule has 0 fully saturated rings. The predicted molar refractivity (Wildman–Crippen MR) is 117 cm³/mol. The third-order valence-corrected chi connectivity index (χ3v) is 3.80. The number of halogens is 1. The average molecular weight is 395 g/mol. The maximum atomic E-state index is 5.62. The van der Waals surface area contributed by atoms with Gasteiger partial charge in [0.25, 0.3) is 0 Å². The van der Waals surface area contributed by atoms with Crippen molar-refractivity contribution in [3.05, 3.63) is 58.7 Å². The summed E-state index contributed by atoms with van der Waals surface area (Å²) >= 11 is 0. The molecule has 2 rings (SSSR count). The standard InChI is InChI=1S/2C11H17NO.ClH/c2*1-8-5-4-6-9(2)11(8)13-7-10(3)12;/h2*4-6,10H,7,12H2,1-3H3;1H. The van der Waals surface area contributed by atoms with Gasteiger partial charge in [-0.3, -0.25) is 0 Å². The molecule has 0 aliphatic carbocycles. The van der Waals surface area contributed by atoms with Crippen molar-refractivity contribution in [3.8, 4) is 11.5 Å². The van der Waals surface area contributed by atoms with Gasteiger partial charge in [0.2, 0.25) is 0 Å². The second-order valence-electron chi connectivity index (χ2n) is 7.02. The summed E-state index contributed by atoms with van der Waals surface area (Å²) in [6, 6.07) is 12.4. The lowest BCUT2D eigenvalue weighted by Gasteiger charge is -2.13. The van der Waals surface area contributed by atoms with E-state index in [9.17, 15) is 0 Å². The summed E-state index contributed by atoms with van der Waals surface area (Å²) in [5.74, 6) is 1.94. The number of aryl methyl sites for hydroxylation is 4. The molecule has 27 heavy (non-hydrogen) atoms. The van der Waals surface area contributed by atoms with Gasteiger partial charge >= 0.3 is 0 Å². The first-order chi connectivity index (χ1) is 12.2. The van der Waals surface area contributed by atoms with Crippen LogP contribution >= 0.6 is 12.4 Å². The Morgan fingerprint density at radius 2 is 0.926 bits per heavy atom. The number of hydrogen-bond donors (Lipinski definition) is 2. The third-order valence-electron chi connectivity index (χ3n) is 3.80. The SMILES string of the molecule is Cc1cccc(C)c1OCC(C)N.Cc1cccc(C)c1OCC(C)N.Cl. The van der Waals surface area contributed by atoms with E-state index in [4.69, 9.17) is 20.9 Å². The average Bonchev–Trinajstić information content (AvgIpc) is 2.54. The first kappa shape index (κ1) is 25.2. The molecule has 0 aliphatic heterocycles. The van der Waals surface area contributed by atoms with Crippen LogP contribution in [0.25, 0.3) is 0 Å². The maximum Gasteiger partial charge on any atom is 0.125 e. The van der Waals surface area contributed by atoms with Crippen molar-refractivity contribution in [2.45, 2.75) is 53.6 Å². The Morgan fingerprint density at radius 1 is 0.667 bits per heavy atom. The molecule has 2 aromatic rings. The minimum atomic E-state index is 0. The summed E-state index contributed by atoms with van der Waals surface area (Å²) in [5, 5.41) is 0. The monoisotopic (exact) mass is 394 g/mol. The topological polar surface area (TPSA) is 70.5 Å². The Labute approximate surface area is 170 Å². The van der Waals surface area contributed by atoms with Crippen LogP contribution in [0.2, 0.25) is 0 Å². The molecule has 2 aromatic carbocycles. The van der Waals surface area contributed by atoms with Crippen molar-refractivity contribution in [2.24, 2.45) is 11.5 Å². The molecule has 0 saturated heterocycles. The van der Waals surface area contributed by atoms with Crippen LogP contribution < -0.4 is 20.9 Å². The van der Waals surface area contributed by atoms with Crippen LogP contribution in [-0.2, 0) is 0 Å². The number of nitrogens with two attached hydrogens (primary N) is 2. The fraction of sp³-hybridized carbons (Fsp3) is 0.455. The largest absolute Gasteiger partial charge is 0.491 e. The number of hydrogen-bond acceptors (Lipinski definition) is 4. The van der Waals surface area contributed by atoms with Gasteiger partial charge < -0.3 is 20.9 Å². The minimum Gasteiger partial charge on any atom is -0.491 e. The molecule has 2 unspecified atom stereocenters. The van der Waals surface area contributed by atoms with Crippen molar-refractivity contribution in [1.29, 1.82) is 0 Å². The zero-order valence-corrected chi connectivity index (χ0v) is 18.2. The van der Waals surface area contributed by atoms with E-state index in [0.29, 0.717) is 13.2 Å². The highest BCUT2D eigenvalue weighted by Crippen LogP contribution is 2.22. The molecule has 0 amide bonds. The van der Waals surface area contributed by atoms with E-state index in [1.54, 1.807) is 0 Å². The molecule has 0 bridgehead atoms. The van der Waals surface area contributed by atoms with Crippen LogP contribution in [0.5, 0.6) is 11.5 Å². The highest BCUT2D eigenvalue weighted by Gasteiger charge is 2.04. The molecule has 152 valence electrons. The summed E-state index contributed by atoms with van der Waals surface area (Å²) < 4.78 is 11.2. The summed E-state index contributed by atoms with van der Waals surface area (Å²) in [6.45, 7) is 13.2. The van der Waals surface area contributed by atoms with E-state index in [-0.39, 0.29) is 24.5 Å². The Morgan fingerprint density at radius 3 is 1.15 bits per heavy atom. The van der Waals surface area contributed by atoms with E-state index in [1.807, 2.05) is 77.9 Å². The van der Waals surface area contributed by atoms with Crippen LogP contribution in [0.4, 0.5) is 0 Å². The van der Waals surface area contributed by atoms with Crippen LogP contribution in [-0.4, -0.2) is 25.3 Å². The fourth-order valence-corrected chi connectivity index (χ4v) is 2.48. The Kier molecular flexibility index (Phi) is 11.8. The van der Waals surface area contributed by atoms with Crippen molar-refractivity contribution >= 4 is 12.4 Å². The maximum absolute atomic E-state index is 5.62. The van der Waals surface area contributed by atoms with Crippen molar-refractivity contribution in [1.82, 2.24) is 0 Å². The molecule has 0 aliphatic rings. The molecular weight excluding hydrogens is 360 g/mol. The van der Waals surface area contributed by atoms with Gasteiger partial charge in [0.05, 0.1) is 0 Å². The van der Waals surface area contributed by atoms with Gasteiger partial charge in [-0.1, -0.05) is 36.4 Å². The summed E-state index contributed by atoms with van der Waals surface area (Å²) in [5.41, 5.74) is 15.9. The Bertz CT molecular complexity index is 588. The highest BCUT2D eigenvalue weighted by atomic mass is 35.5. The van der Waals surface area contributed by atoms with Gasteiger partial charge in [0, 0.05) is 12.1 Å². The van der Waals surface area contributed by atoms with E-state index < -0.39 is 0 Å². The normalized spacial score (nSPS) is 12.1. The van der Waals surface area contributed by atoms with Gasteiger partial charge in [-0.2, -0.15) is 0 Å². The van der Waals surface area contributed by atoms with Crippen molar-refractivity contribution in [3.63, 3.8) is 0 Å². The molecular formula is C22H35ClN2O2. The van der Waals surface area contributed by atoms with E-state index in [2.05, 4.69) is 0 Å². The number of rotatable bonds is 6. The molecule has 0 aromatic heterocycles. The molecule has 4 N–H and O–H groups in total. The molecule has 0 radical (unpaired) electrons. The van der Waals surface area contributed by atoms with Crippen LogP contribution in [0.1, 0.15) is 36.1 Å². The van der Waals surface area contributed by atoms with Crippen molar-refractivity contribution < 1.29 is 9.47 Å². The summed E-state index contributed by atoms with van der Waals surface area (Å²) in [4.78, 5) is 0. The van der Waals surface area contributed by atoms with Crippen LogP contribution in [0.3, 0.4) is 0 Å². The van der Waals surface area contributed by atoms with E-state index in [0.717, 1.165) is 11.5 Å². The Hall–Kier alpha value is -1.75. The van der Waals surface area contributed by atoms with Gasteiger partial charge in [0.1, 0.15) is 24.7 Å². The number of ether oxygens (including phenoxy) is 2. The fourth-order valence-electron chi connectivity index (χ4n) is 2.48. The molecule has 4 nitrogen and oxygen atoms in total. The lowest BCUT2D eigenvalue weighted by molar-refractivity contribution is 0.292. The first-order valence-corrected chi connectivity index (χ1v) is 9.11. The second-order valence-corrected chi connectivity index (χ2v) is 7.02. The summed E-state index contributed by atoms with van der Waals surface area (Å²) in [6.07, 6.45) is 0. The lowest BCUT2D eigenvalue weighted by Crippen LogP contribution is -2.24. The summed E-state index contributed by atoms with van der Waals surface area (Å²) in [7, 11) is 0. The van der Waals surface area contributed by atoms with E-state index in [1.165, 1.54) is 22.3 Å². The van der Waals surface area contributed by atoms with Gasteiger partial charge in [-0.05, 0) is 63.8 Å². The van der Waals surface area contributed by atoms with Gasteiger partial charge in [-0.15, -0.1) is 12.4 Å². The predicted octanol–water partition coefficient (Wildman–Crippen LogP) is 4.48. The quantitative estimate of drug-likeness (QED) is 0.757. The molecule has 0 spiro atoms. The third kappa shape index (κ3) is 9.14. The Balaban J connectivity index is 0.000000483. The van der Waals surface area contributed by atoms with Gasteiger partial charge in [-0.25, -0.2) is 0 Å². The van der Waals surface area contributed by atoms with E-state index >= 15 is 0 Å². The highest BCUT2D eigenvalue weighted by molar-refractivity contribution is 5.85. The van der Waals surface area contributed by atoms with Gasteiger partial charge in [0.15, 0.2) is 0 Å². The first-order valence-electron chi connectivity index (χ1n) is 9.11. The molecule has 5 heteroatoms. The minimum absolute atomic E-state index is 0. The zero-order valence-electron chi connectivity index (χ0n) is 17.4. The number of benzene rings is 2. The smallest absolute Gasteiger partial charge is 0.125 e. The van der Waals surface area contributed by atoms with Crippen LogP contribution in [0, 0.1) is 27.7 Å². The molecule has 2 atom stereocenters. The second kappa shape index (κ2) is 12.6. The molecule has 0 saturated carbocycles. The zero-order chi connectivity index (χ0) is 19.7. The molecule has 0 heterocycles. The number of para-hydroxylation sites is 2. The van der Waals surface area contributed by atoms with Crippen molar-refractivity contribution in [2.75, 3.05) is 13.2 Å².